The minimum absolute atomic E-state index is 0.288. The molecule has 4 atom stereocenters. The van der Waals surface area contributed by atoms with Gasteiger partial charge < -0.3 is 9.47 Å². The van der Waals surface area contributed by atoms with E-state index < -0.39 is 23.0 Å². The quantitative estimate of drug-likeness (QED) is 0.295. The monoisotopic (exact) mass is 550 g/mol. The number of aryl methyl sites for hydroxylation is 1. The average molecular weight is 551 g/mol. The van der Waals surface area contributed by atoms with Crippen LogP contribution in [0.25, 0.3) is 21.3 Å². The van der Waals surface area contributed by atoms with E-state index in [4.69, 9.17) is 9.47 Å². The molecule has 4 aromatic rings. The van der Waals surface area contributed by atoms with Crippen LogP contribution in [0.4, 0.5) is 5.69 Å². The molecule has 0 aliphatic carbocycles. The van der Waals surface area contributed by atoms with Gasteiger partial charge in [-0.25, -0.2) is 9.88 Å². The summed E-state index contributed by atoms with van der Waals surface area (Å²) in [5.41, 5.74) is 0.121. The molecule has 40 heavy (non-hydrogen) atoms. The molecule has 4 unspecified atom stereocenters. The van der Waals surface area contributed by atoms with E-state index in [2.05, 4.69) is 16.0 Å². The predicted molar refractivity (Wildman–Crippen MR) is 150 cm³/mol. The van der Waals surface area contributed by atoms with Crippen molar-refractivity contribution in [2.75, 3.05) is 11.5 Å². The number of pyridine rings is 1. The Labute approximate surface area is 235 Å². The fourth-order valence-corrected chi connectivity index (χ4v) is 7.73. The smallest absolute Gasteiger partial charge is 0.240 e. The van der Waals surface area contributed by atoms with Gasteiger partial charge in [-0.2, -0.15) is 5.26 Å². The number of thiazole rings is 1. The van der Waals surface area contributed by atoms with Crippen molar-refractivity contribution < 1.29 is 19.1 Å². The Bertz CT molecular complexity index is 1730. The Kier molecular flexibility index (Phi) is 5.56. The van der Waals surface area contributed by atoms with Gasteiger partial charge in [-0.15, -0.1) is 11.3 Å². The number of amides is 2. The summed E-state index contributed by atoms with van der Waals surface area (Å²) in [7, 11) is 0. The van der Waals surface area contributed by atoms with Gasteiger partial charge >= 0.3 is 0 Å². The van der Waals surface area contributed by atoms with E-state index in [-0.39, 0.29) is 11.8 Å². The Hall–Kier alpha value is -4.13. The highest BCUT2D eigenvalue weighted by Crippen LogP contribution is 2.62. The lowest BCUT2D eigenvalue weighted by Gasteiger charge is -2.31. The summed E-state index contributed by atoms with van der Waals surface area (Å²) in [6.45, 7) is 4.21. The zero-order chi connectivity index (χ0) is 27.6. The molecular weight excluding hydrogens is 524 g/mol. The standard InChI is InChI=1S/C31H26N4O4S/c1-18-26(34-27(40-18)20-9-14-33-15-10-20)38-16-13-31-12-11-30(2,39-31)24-25(31)29(37)35(28(24)36)23-8-7-19-5-3-4-6-21(19)22(23)17-32/h3-10,14-15,24-25H,11-13,16H2,1-2H3. The van der Waals surface area contributed by atoms with E-state index >= 15 is 0 Å². The lowest BCUT2D eigenvalue weighted by atomic mass is 9.67. The Morgan fingerprint density at radius 1 is 1.10 bits per heavy atom. The summed E-state index contributed by atoms with van der Waals surface area (Å²) in [6, 6.07) is 17.1. The van der Waals surface area contributed by atoms with Gasteiger partial charge in [-0.05, 0) is 50.3 Å². The predicted octanol–water partition coefficient (Wildman–Crippen LogP) is 5.43. The summed E-state index contributed by atoms with van der Waals surface area (Å²) in [5.74, 6) is -1.23. The van der Waals surface area contributed by atoms with Crippen LogP contribution in [0.3, 0.4) is 0 Å². The van der Waals surface area contributed by atoms with Gasteiger partial charge in [0.1, 0.15) is 11.1 Å². The van der Waals surface area contributed by atoms with Crippen LogP contribution in [-0.4, -0.2) is 39.6 Å². The molecule has 3 fully saturated rings. The lowest BCUT2D eigenvalue weighted by molar-refractivity contribution is -0.131. The third-order valence-corrected chi connectivity index (χ3v) is 9.72. The molecule has 2 aromatic heterocycles. The summed E-state index contributed by atoms with van der Waals surface area (Å²) in [5, 5.41) is 12.5. The molecule has 7 rings (SSSR count). The third kappa shape index (κ3) is 3.53. The number of ether oxygens (including phenoxy) is 2. The van der Waals surface area contributed by atoms with Crippen LogP contribution >= 0.6 is 11.3 Å². The number of nitriles is 1. The van der Waals surface area contributed by atoms with Crippen LogP contribution in [0.15, 0.2) is 60.9 Å². The number of nitrogens with zero attached hydrogens (tertiary/aromatic N) is 4. The van der Waals surface area contributed by atoms with Crippen LogP contribution in [0.1, 0.15) is 36.6 Å². The molecule has 5 heterocycles. The van der Waals surface area contributed by atoms with Crippen molar-refractivity contribution in [1.82, 2.24) is 9.97 Å². The normalized spacial score (nSPS) is 26.9. The molecule has 0 N–H and O–H groups in total. The number of carbonyl (C=O) groups excluding carboxylic acids is 2. The van der Waals surface area contributed by atoms with Crippen molar-refractivity contribution >= 4 is 39.6 Å². The highest BCUT2D eigenvalue weighted by Gasteiger charge is 2.74. The summed E-state index contributed by atoms with van der Waals surface area (Å²) >= 11 is 1.55. The number of imide groups is 1. The molecule has 3 aliphatic heterocycles. The topological polar surface area (TPSA) is 105 Å². The largest absolute Gasteiger partial charge is 0.477 e. The van der Waals surface area contributed by atoms with Gasteiger partial charge in [0.25, 0.3) is 0 Å². The highest BCUT2D eigenvalue weighted by atomic mass is 32.1. The van der Waals surface area contributed by atoms with Crippen LogP contribution in [0.5, 0.6) is 5.88 Å². The number of fused-ring (bicyclic) bond motifs is 6. The molecule has 0 spiro atoms. The Morgan fingerprint density at radius 3 is 2.67 bits per heavy atom. The van der Waals surface area contributed by atoms with E-state index in [0.717, 1.165) is 26.2 Å². The van der Waals surface area contributed by atoms with Crippen molar-refractivity contribution in [3.05, 3.63) is 71.4 Å². The Balaban J connectivity index is 1.16. The number of rotatable bonds is 6. The second-order valence-electron chi connectivity index (χ2n) is 11.0. The van der Waals surface area contributed by atoms with E-state index in [1.165, 1.54) is 4.90 Å². The minimum Gasteiger partial charge on any atom is -0.477 e. The van der Waals surface area contributed by atoms with Gasteiger partial charge in [0.15, 0.2) is 0 Å². The Morgan fingerprint density at radius 2 is 1.88 bits per heavy atom. The van der Waals surface area contributed by atoms with E-state index in [1.54, 1.807) is 29.8 Å². The second kappa shape index (κ2) is 8.95. The zero-order valence-corrected chi connectivity index (χ0v) is 22.9. The number of benzene rings is 2. The van der Waals surface area contributed by atoms with E-state index in [9.17, 15) is 14.9 Å². The van der Waals surface area contributed by atoms with Gasteiger partial charge in [0, 0.05) is 29.8 Å². The van der Waals surface area contributed by atoms with Crippen molar-refractivity contribution in [2.45, 2.75) is 44.3 Å². The van der Waals surface area contributed by atoms with Crippen molar-refractivity contribution in [2.24, 2.45) is 11.8 Å². The molecule has 2 aromatic carbocycles. The number of carbonyl (C=O) groups is 2. The zero-order valence-electron chi connectivity index (χ0n) is 22.1. The van der Waals surface area contributed by atoms with Gasteiger partial charge in [-0.3, -0.25) is 14.6 Å². The van der Waals surface area contributed by atoms with Crippen molar-refractivity contribution in [3.63, 3.8) is 0 Å². The van der Waals surface area contributed by atoms with Gasteiger partial charge in [0.05, 0.1) is 45.8 Å². The number of aromatic nitrogens is 2. The first kappa shape index (κ1) is 24.9. The maximum atomic E-state index is 14.0. The molecule has 0 radical (unpaired) electrons. The maximum absolute atomic E-state index is 14.0. The molecule has 3 saturated heterocycles. The number of anilines is 1. The first-order valence-electron chi connectivity index (χ1n) is 13.4. The molecule has 8 nitrogen and oxygen atoms in total. The molecule has 200 valence electrons. The maximum Gasteiger partial charge on any atom is 0.240 e. The van der Waals surface area contributed by atoms with Crippen molar-refractivity contribution in [3.8, 4) is 22.5 Å². The van der Waals surface area contributed by atoms with E-state index in [0.29, 0.717) is 43.0 Å². The number of hydrogen-bond acceptors (Lipinski definition) is 8. The van der Waals surface area contributed by atoms with Crippen LogP contribution < -0.4 is 9.64 Å². The van der Waals surface area contributed by atoms with Gasteiger partial charge in [-0.1, -0.05) is 30.3 Å². The minimum atomic E-state index is -0.803. The van der Waals surface area contributed by atoms with Crippen LogP contribution in [0, 0.1) is 30.1 Å². The highest BCUT2D eigenvalue weighted by molar-refractivity contribution is 7.15. The first-order chi connectivity index (χ1) is 19.3. The first-order valence-corrected chi connectivity index (χ1v) is 14.2. The molecule has 2 bridgehead atoms. The van der Waals surface area contributed by atoms with Gasteiger partial charge in [0.2, 0.25) is 17.7 Å². The summed E-state index contributed by atoms with van der Waals surface area (Å²) in [6.07, 6.45) is 5.28. The van der Waals surface area contributed by atoms with E-state index in [1.807, 2.05) is 56.3 Å². The van der Waals surface area contributed by atoms with Crippen molar-refractivity contribution in [1.29, 1.82) is 5.26 Å². The lowest BCUT2D eigenvalue weighted by Crippen LogP contribution is -2.43. The summed E-state index contributed by atoms with van der Waals surface area (Å²) < 4.78 is 12.7. The molecule has 3 aliphatic rings. The fourth-order valence-electron chi connectivity index (χ4n) is 6.87. The second-order valence-corrected chi connectivity index (χ2v) is 12.2. The SMILES string of the molecule is Cc1sc(-c2ccncc2)nc1OCCC12CCC(C)(O1)C1C(=O)N(c3ccc4ccccc4c3C#N)C(=O)C12. The average Bonchev–Trinajstić information content (AvgIpc) is 3.66. The fraction of sp³-hybridized carbons (Fsp3) is 0.323. The molecule has 0 saturated carbocycles. The third-order valence-electron chi connectivity index (χ3n) is 8.72. The molecule has 2 amide bonds. The summed E-state index contributed by atoms with van der Waals surface area (Å²) in [4.78, 5) is 38.9. The molecule has 9 heteroatoms. The van der Waals surface area contributed by atoms with Crippen LogP contribution in [-0.2, 0) is 14.3 Å². The number of hydrogen-bond donors (Lipinski definition) is 0. The van der Waals surface area contributed by atoms with Crippen LogP contribution in [0.2, 0.25) is 0 Å². The molecular formula is C31H26N4O4S.